The van der Waals surface area contributed by atoms with Gasteiger partial charge in [-0.25, -0.2) is 9.97 Å². The van der Waals surface area contributed by atoms with E-state index in [4.69, 9.17) is 25.0 Å². The fourth-order valence-corrected chi connectivity index (χ4v) is 2.60. The van der Waals surface area contributed by atoms with Crippen LogP contribution in [-0.4, -0.2) is 21.2 Å². The Morgan fingerprint density at radius 2 is 1.78 bits per heavy atom. The van der Waals surface area contributed by atoms with E-state index in [-0.39, 0.29) is 12.6 Å². The molecule has 6 nitrogen and oxygen atoms in total. The summed E-state index contributed by atoms with van der Waals surface area (Å²) in [5.74, 6) is 1.29. The van der Waals surface area contributed by atoms with Gasteiger partial charge in [0.25, 0.3) is 0 Å². The van der Waals surface area contributed by atoms with Gasteiger partial charge in [-0.1, -0.05) is 25.9 Å². The number of aromatic nitrogens is 3. The van der Waals surface area contributed by atoms with Gasteiger partial charge in [0.2, 0.25) is 5.88 Å². The minimum atomic E-state index is 0.129. The number of aryl methyl sites for hydroxylation is 3. The molecule has 2 N–H and O–H groups in total. The Morgan fingerprint density at radius 3 is 2.26 bits per heavy atom. The second-order valence-electron chi connectivity index (χ2n) is 5.58. The molecule has 0 unspecified atom stereocenters. The topological polar surface area (TPSA) is 87.1 Å². The fourth-order valence-electron chi connectivity index (χ4n) is 2.60. The molecular formula is C17H26N4O2. The molecule has 0 atom stereocenters. The average molecular weight is 318 g/mol. The van der Waals surface area contributed by atoms with Crippen LogP contribution < -0.4 is 10.5 Å². The van der Waals surface area contributed by atoms with Gasteiger partial charge in [0.05, 0.1) is 28.7 Å². The Hall–Kier alpha value is -1.95. The van der Waals surface area contributed by atoms with Crippen LogP contribution in [-0.2, 0) is 13.0 Å². The summed E-state index contributed by atoms with van der Waals surface area (Å²) in [4.78, 5) is 9.44. The molecule has 0 spiro atoms. The van der Waals surface area contributed by atoms with Crippen molar-refractivity contribution in [1.29, 1.82) is 0 Å². The molecule has 0 saturated carbocycles. The second-order valence-corrected chi connectivity index (χ2v) is 5.58. The summed E-state index contributed by atoms with van der Waals surface area (Å²) >= 11 is 0. The van der Waals surface area contributed by atoms with E-state index in [2.05, 4.69) is 25.9 Å². The molecule has 23 heavy (non-hydrogen) atoms. The molecule has 0 bridgehead atoms. The molecule has 0 aliphatic heterocycles. The van der Waals surface area contributed by atoms with Crippen molar-refractivity contribution in [2.75, 3.05) is 0 Å². The number of hydrogen-bond donors (Lipinski definition) is 1. The van der Waals surface area contributed by atoms with E-state index in [9.17, 15) is 0 Å². The highest BCUT2D eigenvalue weighted by Gasteiger charge is 2.21. The van der Waals surface area contributed by atoms with Gasteiger partial charge in [0.15, 0.2) is 0 Å². The number of ether oxygens (including phenoxy) is 1. The van der Waals surface area contributed by atoms with Crippen LogP contribution in [0.5, 0.6) is 5.88 Å². The van der Waals surface area contributed by atoms with E-state index in [1.807, 2.05) is 13.8 Å². The lowest BCUT2D eigenvalue weighted by Gasteiger charge is -2.18. The van der Waals surface area contributed by atoms with Crippen molar-refractivity contribution in [3.8, 4) is 17.1 Å². The standard InChI is InChI=1S/C17H26N4O2/c1-6-12(7-2)22-17-14(9-18)19-16(13(8-3)20-17)15-10(4)21-23-11(15)5/h12H,6-9,18H2,1-5H3. The zero-order valence-corrected chi connectivity index (χ0v) is 14.6. The monoisotopic (exact) mass is 318 g/mol. The molecule has 2 aromatic rings. The summed E-state index contributed by atoms with van der Waals surface area (Å²) in [5.41, 5.74) is 9.92. The van der Waals surface area contributed by atoms with E-state index < -0.39 is 0 Å². The number of nitrogens with zero attached hydrogens (tertiary/aromatic N) is 3. The molecule has 126 valence electrons. The quantitative estimate of drug-likeness (QED) is 0.842. The van der Waals surface area contributed by atoms with Crippen LogP contribution in [0.3, 0.4) is 0 Å². The lowest BCUT2D eigenvalue weighted by Crippen LogP contribution is -2.18. The first-order chi connectivity index (χ1) is 11.0. The summed E-state index contributed by atoms with van der Waals surface area (Å²) in [5, 5.41) is 4.02. The van der Waals surface area contributed by atoms with E-state index in [1.54, 1.807) is 0 Å². The van der Waals surface area contributed by atoms with Crippen molar-refractivity contribution in [3.63, 3.8) is 0 Å². The molecule has 0 radical (unpaired) electrons. The third-order valence-corrected chi connectivity index (χ3v) is 3.99. The maximum atomic E-state index is 6.02. The zero-order valence-electron chi connectivity index (χ0n) is 14.6. The van der Waals surface area contributed by atoms with Gasteiger partial charge >= 0.3 is 0 Å². The Morgan fingerprint density at radius 1 is 1.09 bits per heavy atom. The van der Waals surface area contributed by atoms with Crippen molar-refractivity contribution in [1.82, 2.24) is 15.1 Å². The summed E-state index contributed by atoms with van der Waals surface area (Å²) in [6.07, 6.45) is 2.73. The largest absolute Gasteiger partial charge is 0.473 e. The Labute approximate surface area is 137 Å². The maximum absolute atomic E-state index is 6.02. The SMILES string of the molecule is CCc1nc(OC(CC)CC)c(CN)nc1-c1c(C)noc1C. The number of hydrogen-bond acceptors (Lipinski definition) is 6. The van der Waals surface area contributed by atoms with Crippen molar-refractivity contribution in [2.45, 2.75) is 66.5 Å². The summed E-state index contributed by atoms with van der Waals surface area (Å²) in [6.45, 7) is 10.3. The van der Waals surface area contributed by atoms with E-state index in [0.29, 0.717) is 11.6 Å². The van der Waals surface area contributed by atoms with Gasteiger partial charge in [0, 0.05) is 6.54 Å². The number of nitrogens with two attached hydrogens (primary N) is 1. The molecule has 0 amide bonds. The predicted octanol–water partition coefficient (Wildman–Crippen LogP) is 3.34. The van der Waals surface area contributed by atoms with Gasteiger partial charge in [-0.2, -0.15) is 0 Å². The van der Waals surface area contributed by atoms with Gasteiger partial charge < -0.3 is 15.0 Å². The molecule has 2 rings (SSSR count). The lowest BCUT2D eigenvalue weighted by atomic mass is 10.1. The normalized spacial score (nSPS) is 11.3. The Bertz CT molecular complexity index is 643. The Balaban J connectivity index is 2.54. The van der Waals surface area contributed by atoms with Crippen LogP contribution in [0.4, 0.5) is 0 Å². The molecule has 0 aliphatic carbocycles. The van der Waals surface area contributed by atoms with Crippen LogP contribution in [0.1, 0.15) is 56.5 Å². The molecule has 0 aromatic carbocycles. The van der Waals surface area contributed by atoms with E-state index in [1.165, 1.54) is 0 Å². The smallest absolute Gasteiger partial charge is 0.237 e. The van der Waals surface area contributed by atoms with Crippen LogP contribution >= 0.6 is 0 Å². The van der Waals surface area contributed by atoms with Crippen molar-refractivity contribution >= 4 is 0 Å². The fraction of sp³-hybridized carbons (Fsp3) is 0.588. The molecule has 0 saturated heterocycles. The van der Waals surface area contributed by atoms with Gasteiger partial charge in [0.1, 0.15) is 11.5 Å². The van der Waals surface area contributed by atoms with Gasteiger partial charge in [-0.15, -0.1) is 0 Å². The summed E-state index contributed by atoms with van der Waals surface area (Å²) < 4.78 is 11.3. The molecule has 2 aromatic heterocycles. The summed E-state index contributed by atoms with van der Waals surface area (Å²) in [6, 6.07) is 0. The first-order valence-corrected chi connectivity index (χ1v) is 8.25. The van der Waals surface area contributed by atoms with E-state index >= 15 is 0 Å². The second kappa shape index (κ2) is 7.55. The molecule has 0 fully saturated rings. The summed E-state index contributed by atoms with van der Waals surface area (Å²) in [7, 11) is 0. The van der Waals surface area contributed by atoms with Crippen LogP contribution in [0.2, 0.25) is 0 Å². The van der Waals surface area contributed by atoms with Crippen LogP contribution in [0, 0.1) is 13.8 Å². The minimum Gasteiger partial charge on any atom is -0.473 e. The highest BCUT2D eigenvalue weighted by molar-refractivity contribution is 5.66. The van der Waals surface area contributed by atoms with Crippen LogP contribution in [0.25, 0.3) is 11.3 Å². The zero-order chi connectivity index (χ0) is 17.0. The molecular weight excluding hydrogens is 292 g/mol. The lowest BCUT2D eigenvalue weighted by molar-refractivity contribution is 0.181. The Kier molecular flexibility index (Phi) is 5.71. The number of rotatable bonds is 7. The highest BCUT2D eigenvalue weighted by Crippen LogP contribution is 2.30. The highest BCUT2D eigenvalue weighted by atomic mass is 16.5. The minimum absolute atomic E-state index is 0.129. The van der Waals surface area contributed by atoms with Crippen LogP contribution in [0.15, 0.2) is 4.52 Å². The third kappa shape index (κ3) is 3.52. The van der Waals surface area contributed by atoms with E-state index in [0.717, 1.165) is 47.7 Å². The van der Waals surface area contributed by atoms with Gasteiger partial charge in [-0.05, 0) is 33.1 Å². The van der Waals surface area contributed by atoms with Crippen molar-refractivity contribution < 1.29 is 9.26 Å². The van der Waals surface area contributed by atoms with Gasteiger partial charge in [-0.3, -0.25) is 0 Å². The molecule has 6 heteroatoms. The first-order valence-electron chi connectivity index (χ1n) is 8.25. The molecule has 2 heterocycles. The maximum Gasteiger partial charge on any atom is 0.237 e. The predicted molar refractivity (Wildman–Crippen MR) is 89.3 cm³/mol. The van der Waals surface area contributed by atoms with Crippen molar-refractivity contribution in [2.24, 2.45) is 5.73 Å². The van der Waals surface area contributed by atoms with Crippen molar-refractivity contribution in [3.05, 3.63) is 22.8 Å². The first kappa shape index (κ1) is 17.4. The third-order valence-electron chi connectivity index (χ3n) is 3.99. The molecule has 0 aliphatic rings. The average Bonchev–Trinajstić information content (AvgIpc) is 2.90.